The second-order valence-electron chi connectivity index (χ2n) is 7.34. The van der Waals surface area contributed by atoms with Gasteiger partial charge in [-0.2, -0.15) is 0 Å². The second kappa shape index (κ2) is 6.83. The van der Waals surface area contributed by atoms with E-state index in [2.05, 4.69) is 41.4 Å². The Balaban J connectivity index is 1.46. The highest BCUT2D eigenvalue weighted by atomic mass is 15.1. The molecule has 2 aliphatic rings. The van der Waals surface area contributed by atoms with Crippen molar-refractivity contribution in [3.05, 3.63) is 29.8 Å². The van der Waals surface area contributed by atoms with Crippen molar-refractivity contribution < 1.29 is 0 Å². The number of benzene rings is 1. The predicted molar refractivity (Wildman–Crippen MR) is 90.8 cm³/mol. The van der Waals surface area contributed by atoms with Crippen LogP contribution in [0, 0.1) is 5.41 Å². The summed E-state index contributed by atoms with van der Waals surface area (Å²) in [7, 11) is 0. The highest BCUT2D eigenvalue weighted by Crippen LogP contribution is 2.35. The van der Waals surface area contributed by atoms with Gasteiger partial charge in [0.2, 0.25) is 0 Å². The lowest BCUT2D eigenvalue weighted by atomic mass is 9.76. The molecule has 1 aromatic carbocycles. The fraction of sp³-hybridized carbons (Fsp3) is 0.684. The Morgan fingerprint density at radius 1 is 0.952 bits per heavy atom. The number of hydrogen-bond acceptors (Lipinski definition) is 2. The lowest BCUT2D eigenvalue weighted by Gasteiger charge is -2.33. The summed E-state index contributed by atoms with van der Waals surface area (Å²) in [6, 6.07) is 9.18. The van der Waals surface area contributed by atoms with Crippen LogP contribution < -0.4 is 10.2 Å². The molecule has 2 fully saturated rings. The number of hydrogen-bond donors (Lipinski definition) is 1. The molecule has 2 nitrogen and oxygen atoms in total. The van der Waals surface area contributed by atoms with Crippen molar-refractivity contribution >= 4 is 5.69 Å². The maximum atomic E-state index is 3.69. The van der Waals surface area contributed by atoms with Gasteiger partial charge < -0.3 is 10.2 Å². The van der Waals surface area contributed by atoms with E-state index in [0.29, 0.717) is 5.41 Å². The molecule has 116 valence electrons. The summed E-state index contributed by atoms with van der Waals surface area (Å²) in [6.07, 6.45) is 9.77. The van der Waals surface area contributed by atoms with Crippen LogP contribution in [0.1, 0.15) is 57.4 Å². The SMILES string of the molecule is CC1(CNCc2ccc(N3CCCC3)cc2)CCCCC1. The molecule has 1 saturated carbocycles. The standard InChI is InChI=1S/C19H30N2/c1-19(11-3-2-4-12-19)16-20-15-17-7-9-18(10-8-17)21-13-5-6-14-21/h7-10,20H,2-6,11-16H2,1H3. The zero-order chi connectivity index (χ0) is 14.5. The van der Waals surface area contributed by atoms with Gasteiger partial charge in [-0.1, -0.05) is 38.3 Å². The van der Waals surface area contributed by atoms with Crippen molar-refractivity contribution in [1.82, 2.24) is 5.32 Å². The maximum Gasteiger partial charge on any atom is 0.0366 e. The van der Waals surface area contributed by atoms with E-state index in [-0.39, 0.29) is 0 Å². The van der Waals surface area contributed by atoms with E-state index in [9.17, 15) is 0 Å². The van der Waals surface area contributed by atoms with E-state index >= 15 is 0 Å². The van der Waals surface area contributed by atoms with Crippen LogP contribution in [0.5, 0.6) is 0 Å². The molecule has 1 N–H and O–H groups in total. The summed E-state index contributed by atoms with van der Waals surface area (Å²) < 4.78 is 0. The third-order valence-corrected chi connectivity index (χ3v) is 5.35. The van der Waals surface area contributed by atoms with Gasteiger partial charge in [0.15, 0.2) is 0 Å². The molecule has 21 heavy (non-hydrogen) atoms. The molecule has 0 bridgehead atoms. The fourth-order valence-electron chi connectivity index (χ4n) is 3.89. The first-order valence-electron chi connectivity index (χ1n) is 8.80. The van der Waals surface area contributed by atoms with Gasteiger partial charge in [-0.3, -0.25) is 0 Å². The lowest BCUT2D eigenvalue weighted by Crippen LogP contribution is -2.33. The van der Waals surface area contributed by atoms with Crippen LogP contribution in [0.25, 0.3) is 0 Å². The molecule has 1 aliphatic heterocycles. The number of rotatable bonds is 5. The van der Waals surface area contributed by atoms with Gasteiger partial charge in [0.05, 0.1) is 0 Å². The van der Waals surface area contributed by atoms with Crippen molar-refractivity contribution in [3.8, 4) is 0 Å². The summed E-state index contributed by atoms with van der Waals surface area (Å²) in [5.41, 5.74) is 3.35. The normalized spacial score (nSPS) is 21.7. The van der Waals surface area contributed by atoms with Crippen LogP contribution in [0.2, 0.25) is 0 Å². The molecule has 0 spiro atoms. The van der Waals surface area contributed by atoms with Gasteiger partial charge in [-0.15, -0.1) is 0 Å². The van der Waals surface area contributed by atoms with Crippen LogP contribution in [-0.4, -0.2) is 19.6 Å². The minimum Gasteiger partial charge on any atom is -0.372 e. The Bertz CT molecular complexity index is 425. The summed E-state index contributed by atoms with van der Waals surface area (Å²) in [6.45, 7) is 7.10. The summed E-state index contributed by atoms with van der Waals surface area (Å²) in [5.74, 6) is 0. The smallest absolute Gasteiger partial charge is 0.0366 e. The third kappa shape index (κ3) is 4.00. The minimum atomic E-state index is 0.535. The minimum absolute atomic E-state index is 0.535. The summed E-state index contributed by atoms with van der Waals surface area (Å²) >= 11 is 0. The van der Waals surface area contributed by atoms with Gasteiger partial charge in [-0.05, 0) is 48.8 Å². The maximum absolute atomic E-state index is 3.69. The Morgan fingerprint density at radius 3 is 2.29 bits per heavy atom. The Morgan fingerprint density at radius 2 is 1.62 bits per heavy atom. The van der Waals surface area contributed by atoms with Crippen LogP contribution in [0.15, 0.2) is 24.3 Å². The Hall–Kier alpha value is -1.02. The van der Waals surface area contributed by atoms with Crippen molar-refractivity contribution in [2.75, 3.05) is 24.5 Å². The molecule has 0 atom stereocenters. The van der Waals surface area contributed by atoms with E-state index in [1.807, 2.05) is 0 Å². The Labute approximate surface area is 129 Å². The monoisotopic (exact) mass is 286 g/mol. The average molecular weight is 286 g/mol. The van der Waals surface area contributed by atoms with E-state index in [1.54, 1.807) is 0 Å². The number of anilines is 1. The van der Waals surface area contributed by atoms with E-state index in [0.717, 1.165) is 6.54 Å². The van der Waals surface area contributed by atoms with Crippen LogP contribution in [0.4, 0.5) is 5.69 Å². The molecule has 0 radical (unpaired) electrons. The first-order chi connectivity index (χ1) is 10.3. The lowest BCUT2D eigenvalue weighted by molar-refractivity contribution is 0.207. The van der Waals surface area contributed by atoms with Crippen LogP contribution in [-0.2, 0) is 6.54 Å². The van der Waals surface area contributed by atoms with Crippen molar-refractivity contribution in [3.63, 3.8) is 0 Å². The predicted octanol–water partition coefficient (Wildman–Crippen LogP) is 4.35. The molecular formula is C19H30N2. The van der Waals surface area contributed by atoms with Crippen molar-refractivity contribution in [1.29, 1.82) is 0 Å². The molecule has 0 unspecified atom stereocenters. The third-order valence-electron chi connectivity index (χ3n) is 5.35. The van der Waals surface area contributed by atoms with Crippen LogP contribution in [0.3, 0.4) is 0 Å². The summed E-state index contributed by atoms with van der Waals surface area (Å²) in [4.78, 5) is 2.50. The first-order valence-corrected chi connectivity index (χ1v) is 8.80. The molecule has 1 aliphatic carbocycles. The zero-order valence-electron chi connectivity index (χ0n) is 13.5. The Kier molecular flexibility index (Phi) is 4.84. The highest BCUT2D eigenvalue weighted by Gasteiger charge is 2.25. The molecule has 0 amide bonds. The van der Waals surface area contributed by atoms with E-state index in [1.165, 1.54) is 75.8 Å². The van der Waals surface area contributed by atoms with Crippen LogP contribution >= 0.6 is 0 Å². The number of nitrogens with zero attached hydrogens (tertiary/aromatic N) is 1. The molecule has 1 heterocycles. The topological polar surface area (TPSA) is 15.3 Å². The van der Waals surface area contributed by atoms with Crippen molar-refractivity contribution in [2.45, 2.75) is 58.4 Å². The highest BCUT2D eigenvalue weighted by molar-refractivity contribution is 5.48. The molecule has 2 heteroatoms. The molecule has 1 saturated heterocycles. The molecular weight excluding hydrogens is 256 g/mol. The first kappa shape index (κ1) is 14.9. The second-order valence-corrected chi connectivity index (χ2v) is 7.34. The quantitative estimate of drug-likeness (QED) is 0.866. The zero-order valence-corrected chi connectivity index (χ0v) is 13.5. The van der Waals surface area contributed by atoms with Gasteiger partial charge in [-0.25, -0.2) is 0 Å². The summed E-state index contributed by atoms with van der Waals surface area (Å²) in [5, 5.41) is 3.69. The van der Waals surface area contributed by atoms with Gasteiger partial charge in [0.25, 0.3) is 0 Å². The van der Waals surface area contributed by atoms with E-state index in [4.69, 9.17) is 0 Å². The number of nitrogens with one attached hydrogen (secondary N) is 1. The molecule has 0 aromatic heterocycles. The van der Waals surface area contributed by atoms with Crippen molar-refractivity contribution in [2.24, 2.45) is 5.41 Å². The average Bonchev–Trinajstić information content (AvgIpc) is 3.03. The van der Waals surface area contributed by atoms with E-state index < -0.39 is 0 Å². The molecule has 1 aromatic rings. The van der Waals surface area contributed by atoms with Gasteiger partial charge >= 0.3 is 0 Å². The molecule has 3 rings (SSSR count). The fourth-order valence-corrected chi connectivity index (χ4v) is 3.89. The van der Waals surface area contributed by atoms with Gasteiger partial charge in [0, 0.05) is 31.9 Å². The largest absolute Gasteiger partial charge is 0.372 e. The van der Waals surface area contributed by atoms with Gasteiger partial charge in [0.1, 0.15) is 0 Å².